The normalized spacial score (nSPS) is 15.0. The molecule has 21 heavy (non-hydrogen) atoms. The fourth-order valence-electron chi connectivity index (χ4n) is 2.32. The molecule has 0 unspecified atom stereocenters. The van der Waals surface area contributed by atoms with Gasteiger partial charge in [-0.2, -0.15) is 13.2 Å². The Morgan fingerprint density at radius 2 is 1.90 bits per heavy atom. The van der Waals surface area contributed by atoms with Crippen molar-refractivity contribution in [3.8, 4) is 11.3 Å². The van der Waals surface area contributed by atoms with Gasteiger partial charge < -0.3 is 5.32 Å². The first kappa shape index (κ1) is 13.9. The van der Waals surface area contributed by atoms with E-state index in [1.807, 2.05) is 6.07 Å². The lowest BCUT2D eigenvalue weighted by molar-refractivity contribution is -0.137. The average Bonchev–Trinajstić information content (AvgIpc) is 3.30. The Bertz CT molecular complexity index is 644. The Labute approximate surface area is 121 Å². The van der Waals surface area contributed by atoms with Crippen LogP contribution in [-0.4, -0.2) is 12.0 Å². The molecule has 1 fully saturated rings. The molecule has 2 nitrogen and oxygen atoms in total. The summed E-state index contributed by atoms with van der Waals surface area (Å²) >= 11 is 0. The summed E-state index contributed by atoms with van der Waals surface area (Å²) in [6.45, 7) is 0. The molecule has 1 saturated carbocycles. The van der Waals surface area contributed by atoms with E-state index in [9.17, 15) is 13.2 Å². The van der Waals surface area contributed by atoms with Crippen LogP contribution in [-0.2, 0) is 6.18 Å². The van der Waals surface area contributed by atoms with E-state index in [0.29, 0.717) is 22.9 Å². The smallest absolute Gasteiger partial charge is 0.388 e. The summed E-state index contributed by atoms with van der Waals surface area (Å²) in [4.78, 5) is 4.31. The zero-order valence-corrected chi connectivity index (χ0v) is 11.5. The molecular weight excluding hydrogens is 277 g/mol. The molecule has 1 aliphatic rings. The van der Waals surface area contributed by atoms with Gasteiger partial charge in [-0.1, -0.05) is 6.07 Å². The van der Waals surface area contributed by atoms with Crippen LogP contribution in [0.15, 0.2) is 36.5 Å². The Kier molecular flexibility index (Phi) is 3.35. The van der Waals surface area contributed by atoms with E-state index in [0.717, 1.165) is 12.1 Å². The molecule has 110 valence electrons. The molecule has 2 aromatic rings. The zero-order valence-electron chi connectivity index (χ0n) is 11.5. The number of rotatable bonds is 3. The maximum atomic E-state index is 12.9. The van der Waals surface area contributed by atoms with Gasteiger partial charge in [0.15, 0.2) is 0 Å². The van der Waals surface area contributed by atoms with Crippen LogP contribution in [0, 0.1) is 0 Å². The van der Waals surface area contributed by atoms with Crippen molar-refractivity contribution in [1.29, 1.82) is 0 Å². The minimum absolute atomic E-state index is 0.424. The van der Waals surface area contributed by atoms with E-state index >= 15 is 0 Å². The molecular formula is C16H15F3N2. The fraction of sp³-hybridized carbons (Fsp3) is 0.312. The molecule has 0 atom stereocenters. The second kappa shape index (κ2) is 5.06. The topological polar surface area (TPSA) is 24.9 Å². The van der Waals surface area contributed by atoms with Crippen molar-refractivity contribution in [2.75, 3.05) is 12.4 Å². The first-order valence-electron chi connectivity index (χ1n) is 6.84. The van der Waals surface area contributed by atoms with Crippen LogP contribution in [0.4, 0.5) is 18.9 Å². The van der Waals surface area contributed by atoms with Gasteiger partial charge in [-0.15, -0.1) is 0 Å². The highest BCUT2D eigenvalue weighted by atomic mass is 19.4. The van der Waals surface area contributed by atoms with Crippen LogP contribution < -0.4 is 5.32 Å². The SMILES string of the molecule is CNc1cc(-c2ccc(C3CC3)cn2)cc(C(F)(F)F)c1. The maximum Gasteiger partial charge on any atom is 0.416 e. The van der Waals surface area contributed by atoms with Crippen molar-refractivity contribution in [1.82, 2.24) is 4.98 Å². The molecule has 0 saturated heterocycles. The van der Waals surface area contributed by atoms with Crippen LogP contribution >= 0.6 is 0 Å². The monoisotopic (exact) mass is 292 g/mol. The van der Waals surface area contributed by atoms with E-state index < -0.39 is 11.7 Å². The third-order valence-electron chi connectivity index (χ3n) is 3.68. The van der Waals surface area contributed by atoms with Crippen LogP contribution in [0.2, 0.25) is 0 Å². The molecule has 1 heterocycles. The van der Waals surface area contributed by atoms with Crippen molar-refractivity contribution >= 4 is 5.69 Å². The minimum Gasteiger partial charge on any atom is -0.388 e. The summed E-state index contributed by atoms with van der Waals surface area (Å²) in [6, 6.07) is 7.66. The molecule has 5 heteroatoms. The lowest BCUT2D eigenvalue weighted by atomic mass is 10.0. The molecule has 0 amide bonds. The zero-order chi connectivity index (χ0) is 15.0. The Balaban J connectivity index is 1.99. The van der Waals surface area contributed by atoms with Crippen LogP contribution in [0.3, 0.4) is 0 Å². The summed E-state index contributed by atoms with van der Waals surface area (Å²) < 4.78 is 38.8. The van der Waals surface area contributed by atoms with Crippen molar-refractivity contribution in [3.63, 3.8) is 0 Å². The predicted octanol–water partition coefficient (Wildman–Crippen LogP) is 4.69. The fourth-order valence-corrected chi connectivity index (χ4v) is 2.32. The Morgan fingerprint density at radius 3 is 2.43 bits per heavy atom. The van der Waals surface area contributed by atoms with E-state index in [1.165, 1.54) is 18.4 Å². The number of anilines is 1. The molecule has 3 rings (SSSR count). The number of hydrogen-bond donors (Lipinski definition) is 1. The summed E-state index contributed by atoms with van der Waals surface area (Å²) in [5, 5.41) is 2.76. The van der Waals surface area contributed by atoms with Crippen LogP contribution in [0.5, 0.6) is 0 Å². The minimum atomic E-state index is -4.37. The number of nitrogens with zero attached hydrogens (tertiary/aromatic N) is 1. The number of benzene rings is 1. The predicted molar refractivity (Wildman–Crippen MR) is 76.2 cm³/mol. The Hall–Kier alpha value is -2.04. The van der Waals surface area contributed by atoms with Crippen molar-refractivity contribution < 1.29 is 13.2 Å². The largest absolute Gasteiger partial charge is 0.416 e. The third kappa shape index (κ3) is 3.01. The number of pyridine rings is 1. The summed E-state index contributed by atoms with van der Waals surface area (Å²) in [5.74, 6) is 0.584. The van der Waals surface area contributed by atoms with Gasteiger partial charge in [0.25, 0.3) is 0 Å². The summed E-state index contributed by atoms with van der Waals surface area (Å²) in [6.07, 6.45) is -0.245. The van der Waals surface area contributed by atoms with Crippen molar-refractivity contribution in [2.45, 2.75) is 24.9 Å². The highest BCUT2D eigenvalue weighted by Crippen LogP contribution is 2.40. The van der Waals surface area contributed by atoms with Gasteiger partial charge in [0.05, 0.1) is 11.3 Å². The van der Waals surface area contributed by atoms with Crippen molar-refractivity contribution in [2.24, 2.45) is 0 Å². The molecule has 0 bridgehead atoms. The third-order valence-corrected chi connectivity index (χ3v) is 3.68. The molecule has 0 radical (unpaired) electrons. The molecule has 1 aliphatic carbocycles. The number of hydrogen-bond acceptors (Lipinski definition) is 2. The lowest BCUT2D eigenvalue weighted by Crippen LogP contribution is -2.06. The lowest BCUT2D eigenvalue weighted by Gasteiger charge is -2.12. The average molecular weight is 292 g/mol. The molecule has 1 aromatic carbocycles. The van der Waals surface area contributed by atoms with Crippen LogP contribution in [0.1, 0.15) is 29.9 Å². The van der Waals surface area contributed by atoms with Gasteiger partial charge in [-0.25, -0.2) is 0 Å². The standard InChI is InChI=1S/C16H15F3N2/c1-20-14-7-12(6-13(8-14)16(17,18)19)15-5-4-11(9-21-15)10-2-3-10/h4-10,20H,2-3H2,1H3. The van der Waals surface area contributed by atoms with Gasteiger partial charge in [-0.3, -0.25) is 4.98 Å². The second-order valence-corrected chi connectivity index (χ2v) is 5.30. The summed E-state index contributed by atoms with van der Waals surface area (Å²) in [7, 11) is 1.60. The van der Waals surface area contributed by atoms with Crippen molar-refractivity contribution in [3.05, 3.63) is 47.7 Å². The van der Waals surface area contributed by atoms with E-state index in [4.69, 9.17) is 0 Å². The van der Waals surface area contributed by atoms with Gasteiger partial charge in [-0.05, 0) is 48.6 Å². The number of halogens is 3. The molecule has 0 aliphatic heterocycles. The second-order valence-electron chi connectivity index (χ2n) is 5.30. The quantitative estimate of drug-likeness (QED) is 0.888. The molecule has 1 N–H and O–H groups in total. The van der Waals surface area contributed by atoms with Crippen LogP contribution in [0.25, 0.3) is 11.3 Å². The number of aromatic nitrogens is 1. The molecule has 1 aromatic heterocycles. The van der Waals surface area contributed by atoms with E-state index in [-0.39, 0.29) is 0 Å². The van der Waals surface area contributed by atoms with Gasteiger partial charge in [0.2, 0.25) is 0 Å². The van der Waals surface area contributed by atoms with E-state index in [2.05, 4.69) is 10.3 Å². The van der Waals surface area contributed by atoms with Gasteiger partial charge >= 0.3 is 6.18 Å². The van der Waals surface area contributed by atoms with Gasteiger partial charge in [0.1, 0.15) is 0 Å². The summed E-state index contributed by atoms with van der Waals surface area (Å²) in [5.41, 5.74) is 1.95. The first-order valence-corrected chi connectivity index (χ1v) is 6.84. The number of alkyl halides is 3. The first-order chi connectivity index (χ1) is 9.97. The van der Waals surface area contributed by atoms with Gasteiger partial charge in [0, 0.05) is 24.5 Å². The maximum absolute atomic E-state index is 12.9. The number of nitrogens with one attached hydrogen (secondary N) is 1. The van der Waals surface area contributed by atoms with E-state index in [1.54, 1.807) is 25.4 Å². The highest BCUT2D eigenvalue weighted by molar-refractivity contribution is 5.67. The Morgan fingerprint density at radius 1 is 1.14 bits per heavy atom. The highest BCUT2D eigenvalue weighted by Gasteiger charge is 2.31. The molecule has 0 spiro atoms.